The smallest absolute Gasteiger partial charge is 0.207 e. The number of rotatable bonds is 8. The molecule has 0 spiro atoms. The lowest BCUT2D eigenvalue weighted by molar-refractivity contribution is 0.357. The summed E-state index contributed by atoms with van der Waals surface area (Å²) in [6.45, 7) is 9.64. The van der Waals surface area contributed by atoms with Crippen LogP contribution in [0.1, 0.15) is 40.5 Å². The van der Waals surface area contributed by atoms with E-state index in [9.17, 15) is 8.42 Å². The summed E-state index contributed by atoms with van der Waals surface area (Å²) < 4.78 is 28.1. The Morgan fingerprint density at radius 2 is 1.38 bits per heavy atom. The van der Waals surface area contributed by atoms with Crippen molar-refractivity contribution in [3.63, 3.8) is 0 Å². The highest BCUT2D eigenvalue weighted by atomic mass is 79.9. The van der Waals surface area contributed by atoms with Crippen LogP contribution in [0, 0.1) is 11.8 Å². The van der Waals surface area contributed by atoms with Gasteiger partial charge in [0.15, 0.2) is 0 Å². The molecule has 1 rings (SSSR count). The lowest BCUT2D eigenvalue weighted by Crippen LogP contribution is -2.34. The van der Waals surface area contributed by atoms with Crippen molar-refractivity contribution in [2.45, 2.75) is 45.4 Å². The first-order chi connectivity index (χ1) is 9.73. The van der Waals surface area contributed by atoms with Crippen molar-refractivity contribution < 1.29 is 8.42 Å². The topological polar surface area (TPSA) is 37.4 Å². The zero-order valence-electron chi connectivity index (χ0n) is 13.3. The van der Waals surface area contributed by atoms with E-state index < -0.39 is 10.0 Å². The van der Waals surface area contributed by atoms with E-state index >= 15 is 0 Å². The highest BCUT2D eigenvalue weighted by Gasteiger charge is 2.24. The van der Waals surface area contributed by atoms with Crippen LogP contribution in [0.3, 0.4) is 0 Å². The molecule has 0 saturated heterocycles. The fourth-order valence-electron chi connectivity index (χ4n) is 1.91. The summed E-state index contributed by atoms with van der Waals surface area (Å²) in [5, 5.41) is 0. The van der Waals surface area contributed by atoms with Crippen LogP contribution in [0.2, 0.25) is 0 Å². The van der Waals surface area contributed by atoms with Gasteiger partial charge in [-0.3, -0.25) is 0 Å². The molecule has 0 aliphatic rings. The number of benzene rings is 1. The Kier molecular flexibility index (Phi) is 7.37. The molecule has 0 atom stereocenters. The van der Waals surface area contributed by atoms with E-state index in [2.05, 4.69) is 43.6 Å². The Morgan fingerprint density at radius 1 is 0.952 bits per heavy atom. The van der Waals surface area contributed by atoms with E-state index in [0.29, 0.717) is 29.8 Å². The van der Waals surface area contributed by atoms with Crippen LogP contribution < -0.4 is 0 Å². The van der Waals surface area contributed by atoms with Gasteiger partial charge >= 0.3 is 0 Å². The number of halogens is 1. The van der Waals surface area contributed by atoms with Gasteiger partial charge in [-0.15, -0.1) is 0 Å². The van der Waals surface area contributed by atoms with Crippen molar-refractivity contribution >= 4 is 26.0 Å². The Balaban J connectivity index is 2.95. The van der Waals surface area contributed by atoms with Gasteiger partial charge in [0.2, 0.25) is 10.0 Å². The first-order valence-corrected chi connectivity index (χ1v) is 9.72. The predicted molar refractivity (Wildman–Crippen MR) is 91.8 cm³/mol. The van der Waals surface area contributed by atoms with Crippen LogP contribution in [0.5, 0.6) is 0 Å². The van der Waals surface area contributed by atoms with Gasteiger partial charge in [0.05, 0.1) is 4.90 Å². The highest BCUT2D eigenvalue weighted by molar-refractivity contribution is 9.10. The molecular weight excluding hydrogens is 350 g/mol. The first kappa shape index (κ1) is 18.7. The molecule has 3 nitrogen and oxygen atoms in total. The van der Waals surface area contributed by atoms with Crippen molar-refractivity contribution in [2.24, 2.45) is 11.8 Å². The zero-order chi connectivity index (χ0) is 16.0. The molecule has 0 heterocycles. The lowest BCUT2D eigenvalue weighted by atomic mass is 10.1. The fraction of sp³-hybridized carbons (Fsp3) is 0.625. The largest absolute Gasteiger partial charge is 0.243 e. The van der Waals surface area contributed by atoms with Gasteiger partial charge in [0.1, 0.15) is 0 Å². The van der Waals surface area contributed by atoms with E-state index in [4.69, 9.17) is 0 Å². The molecule has 120 valence electrons. The normalized spacial score (nSPS) is 12.6. The first-order valence-electron chi connectivity index (χ1n) is 7.49. The lowest BCUT2D eigenvalue weighted by Gasteiger charge is -2.24. The molecular formula is C16H26BrNO2S. The highest BCUT2D eigenvalue weighted by Crippen LogP contribution is 2.20. The van der Waals surface area contributed by atoms with Crippen molar-refractivity contribution in [1.29, 1.82) is 0 Å². The second-order valence-corrected chi connectivity index (χ2v) is 9.08. The maximum absolute atomic E-state index is 12.8. The third kappa shape index (κ3) is 6.09. The standard InChI is InChI=1S/C16H26BrNO2S/c1-13(2)9-11-18(12-10-14(3)4)21(19,20)16-7-5-15(17)6-8-16/h5-8,13-14H,9-12H2,1-4H3. The summed E-state index contributed by atoms with van der Waals surface area (Å²) in [6.07, 6.45) is 1.77. The van der Waals surface area contributed by atoms with Crippen LogP contribution in [-0.4, -0.2) is 25.8 Å². The number of hydrogen-bond acceptors (Lipinski definition) is 2. The number of nitrogens with zero attached hydrogens (tertiary/aromatic N) is 1. The number of hydrogen-bond donors (Lipinski definition) is 0. The Bertz CT molecular complexity index is 512. The van der Waals surface area contributed by atoms with Crippen LogP contribution >= 0.6 is 15.9 Å². The van der Waals surface area contributed by atoms with Gasteiger partial charge in [0, 0.05) is 17.6 Å². The second-order valence-electron chi connectivity index (χ2n) is 6.22. The summed E-state index contributed by atoms with van der Waals surface area (Å²) in [4.78, 5) is 0.373. The van der Waals surface area contributed by atoms with Gasteiger partial charge < -0.3 is 0 Å². The molecule has 1 aromatic carbocycles. The minimum Gasteiger partial charge on any atom is -0.207 e. The van der Waals surface area contributed by atoms with Gasteiger partial charge in [0.25, 0.3) is 0 Å². The summed E-state index contributed by atoms with van der Waals surface area (Å²) in [5.41, 5.74) is 0. The maximum Gasteiger partial charge on any atom is 0.243 e. The molecule has 0 fully saturated rings. The molecule has 0 bridgehead atoms. The quantitative estimate of drug-likeness (QED) is 0.668. The van der Waals surface area contributed by atoms with E-state index in [1.54, 1.807) is 28.6 Å². The van der Waals surface area contributed by atoms with Gasteiger partial charge in [-0.05, 0) is 48.9 Å². The van der Waals surface area contributed by atoms with Crippen molar-refractivity contribution in [2.75, 3.05) is 13.1 Å². The average Bonchev–Trinajstić information content (AvgIpc) is 2.38. The van der Waals surface area contributed by atoms with E-state index in [-0.39, 0.29) is 0 Å². The predicted octanol–water partition coefficient (Wildman–Crippen LogP) is 4.53. The molecule has 1 aromatic rings. The molecule has 5 heteroatoms. The SMILES string of the molecule is CC(C)CCN(CCC(C)C)S(=O)(=O)c1ccc(Br)cc1. The van der Waals surface area contributed by atoms with E-state index in [1.807, 2.05) is 0 Å². The minimum absolute atomic E-state index is 0.373. The Labute approximate surface area is 137 Å². The van der Waals surface area contributed by atoms with E-state index in [0.717, 1.165) is 17.3 Å². The fourth-order valence-corrected chi connectivity index (χ4v) is 3.65. The monoisotopic (exact) mass is 375 g/mol. The maximum atomic E-state index is 12.8. The van der Waals surface area contributed by atoms with Crippen molar-refractivity contribution in [1.82, 2.24) is 4.31 Å². The molecule has 0 N–H and O–H groups in total. The molecule has 0 aliphatic carbocycles. The summed E-state index contributed by atoms with van der Waals surface area (Å²) >= 11 is 3.34. The molecule has 21 heavy (non-hydrogen) atoms. The zero-order valence-corrected chi connectivity index (χ0v) is 15.7. The summed E-state index contributed by atoms with van der Waals surface area (Å²) in [6, 6.07) is 6.88. The molecule has 0 aromatic heterocycles. The molecule has 0 aliphatic heterocycles. The van der Waals surface area contributed by atoms with Crippen molar-refractivity contribution in [3.8, 4) is 0 Å². The third-order valence-corrected chi connectivity index (χ3v) is 5.80. The van der Waals surface area contributed by atoms with Crippen LogP contribution in [-0.2, 0) is 10.0 Å². The average molecular weight is 376 g/mol. The Morgan fingerprint density at radius 3 is 1.76 bits per heavy atom. The van der Waals surface area contributed by atoms with Crippen LogP contribution in [0.15, 0.2) is 33.6 Å². The van der Waals surface area contributed by atoms with Gasteiger partial charge in [-0.1, -0.05) is 43.6 Å². The molecule has 0 amide bonds. The summed E-state index contributed by atoms with van der Waals surface area (Å²) in [5.74, 6) is 0.985. The van der Waals surface area contributed by atoms with Crippen molar-refractivity contribution in [3.05, 3.63) is 28.7 Å². The molecule has 0 unspecified atom stereocenters. The van der Waals surface area contributed by atoms with E-state index in [1.165, 1.54) is 0 Å². The van der Waals surface area contributed by atoms with Gasteiger partial charge in [-0.25, -0.2) is 8.42 Å². The second kappa shape index (κ2) is 8.30. The molecule has 0 saturated carbocycles. The minimum atomic E-state index is -3.40. The Hall–Kier alpha value is -0.390. The van der Waals surface area contributed by atoms with Gasteiger partial charge in [-0.2, -0.15) is 4.31 Å². The third-order valence-electron chi connectivity index (χ3n) is 3.36. The summed E-state index contributed by atoms with van der Waals surface area (Å²) in [7, 11) is -3.40. The van der Waals surface area contributed by atoms with Crippen LogP contribution in [0.4, 0.5) is 0 Å². The number of sulfonamides is 1. The van der Waals surface area contributed by atoms with Crippen LogP contribution in [0.25, 0.3) is 0 Å². The molecule has 0 radical (unpaired) electrons.